The standard InChI is InChI=1S/C19H20N4OS2/c24-19(15-2-1-8-23(10-15)11-18-20-7-9-26-18)22-16-5-3-14(4-6-16)17-12-25-13-21-17/h3-7,9,12-13,15H,1-2,8,10-11H2,(H,22,24)/t15-/m1/s1. The summed E-state index contributed by atoms with van der Waals surface area (Å²) in [4.78, 5) is 23.7. The van der Waals surface area contributed by atoms with Crippen LogP contribution in [0.5, 0.6) is 0 Å². The third kappa shape index (κ3) is 4.17. The molecule has 0 bridgehead atoms. The number of amides is 1. The van der Waals surface area contributed by atoms with E-state index in [-0.39, 0.29) is 11.8 Å². The van der Waals surface area contributed by atoms with Crippen molar-refractivity contribution in [3.8, 4) is 11.3 Å². The number of likely N-dealkylation sites (tertiary alicyclic amines) is 1. The van der Waals surface area contributed by atoms with E-state index >= 15 is 0 Å². The average molecular weight is 385 g/mol. The SMILES string of the molecule is O=C(Nc1ccc(-c2cscn2)cc1)[C@@H]1CCCN(Cc2nccs2)C1. The minimum Gasteiger partial charge on any atom is -0.326 e. The van der Waals surface area contributed by atoms with Gasteiger partial charge in [-0.05, 0) is 31.5 Å². The van der Waals surface area contributed by atoms with Crippen LogP contribution in [0.3, 0.4) is 0 Å². The number of carbonyl (C=O) groups is 1. The van der Waals surface area contributed by atoms with Gasteiger partial charge >= 0.3 is 0 Å². The van der Waals surface area contributed by atoms with Gasteiger partial charge in [-0.25, -0.2) is 9.97 Å². The molecule has 5 nitrogen and oxygen atoms in total. The molecular formula is C19H20N4OS2. The van der Waals surface area contributed by atoms with E-state index in [0.29, 0.717) is 0 Å². The molecule has 1 N–H and O–H groups in total. The zero-order valence-electron chi connectivity index (χ0n) is 14.3. The van der Waals surface area contributed by atoms with Crippen LogP contribution >= 0.6 is 22.7 Å². The minimum atomic E-state index is 0.0296. The normalized spacial score (nSPS) is 17.9. The van der Waals surface area contributed by atoms with Gasteiger partial charge in [0.25, 0.3) is 0 Å². The van der Waals surface area contributed by atoms with E-state index in [1.54, 1.807) is 22.7 Å². The van der Waals surface area contributed by atoms with Crippen LogP contribution in [0.4, 0.5) is 5.69 Å². The maximum Gasteiger partial charge on any atom is 0.228 e. The van der Waals surface area contributed by atoms with Gasteiger partial charge in [0.2, 0.25) is 5.91 Å². The molecule has 1 aliphatic rings. The molecule has 134 valence electrons. The van der Waals surface area contributed by atoms with E-state index < -0.39 is 0 Å². The molecular weight excluding hydrogens is 364 g/mol. The van der Waals surface area contributed by atoms with Gasteiger partial charge < -0.3 is 5.32 Å². The first-order valence-electron chi connectivity index (χ1n) is 8.68. The molecule has 7 heteroatoms. The third-order valence-corrected chi connectivity index (χ3v) is 5.95. The molecule has 1 fully saturated rings. The van der Waals surface area contributed by atoms with E-state index in [2.05, 4.69) is 20.2 Å². The highest BCUT2D eigenvalue weighted by atomic mass is 32.1. The Hall–Kier alpha value is -2.09. The summed E-state index contributed by atoms with van der Waals surface area (Å²) in [6.07, 6.45) is 3.83. The largest absolute Gasteiger partial charge is 0.326 e. The van der Waals surface area contributed by atoms with Crippen molar-refractivity contribution < 1.29 is 4.79 Å². The quantitative estimate of drug-likeness (QED) is 0.719. The van der Waals surface area contributed by atoms with Gasteiger partial charge in [0.15, 0.2) is 0 Å². The zero-order valence-corrected chi connectivity index (χ0v) is 15.9. The average Bonchev–Trinajstić information content (AvgIpc) is 3.36. The number of nitrogens with one attached hydrogen (secondary N) is 1. The molecule has 1 amide bonds. The van der Waals surface area contributed by atoms with Crippen LogP contribution in [0.1, 0.15) is 17.8 Å². The van der Waals surface area contributed by atoms with Crippen LogP contribution in [0.25, 0.3) is 11.3 Å². The summed E-state index contributed by atoms with van der Waals surface area (Å²) < 4.78 is 0. The monoisotopic (exact) mass is 384 g/mol. The van der Waals surface area contributed by atoms with Gasteiger partial charge in [-0.1, -0.05) is 12.1 Å². The molecule has 3 aromatic rings. The Morgan fingerprint density at radius 3 is 2.88 bits per heavy atom. The van der Waals surface area contributed by atoms with Crippen molar-refractivity contribution in [2.75, 3.05) is 18.4 Å². The Labute approximate surface area is 160 Å². The number of hydrogen-bond donors (Lipinski definition) is 1. The number of benzene rings is 1. The molecule has 1 saturated heterocycles. The Kier molecular flexibility index (Phi) is 5.38. The molecule has 0 aliphatic carbocycles. The number of thiazole rings is 2. The summed E-state index contributed by atoms with van der Waals surface area (Å²) in [5, 5.41) is 8.20. The number of anilines is 1. The molecule has 1 aromatic carbocycles. The first-order chi connectivity index (χ1) is 12.8. The summed E-state index contributed by atoms with van der Waals surface area (Å²) in [5.74, 6) is 0.136. The summed E-state index contributed by atoms with van der Waals surface area (Å²) in [6, 6.07) is 7.89. The smallest absolute Gasteiger partial charge is 0.228 e. The van der Waals surface area contributed by atoms with Crippen molar-refractivity contribution in [2.24, 2.45) is 5.92 Å². The number of hydrogen-bond acceptors (Lipinski definition) is 6. The first-order valence-corrected chi connectivity index (χ1v) is 10.5. The molecule has 0 unspecified atom stereocenters. The van der Waals surface area contributed by atoms with Crippen LogP contribution in [-0.4, -0.2) is 33.9 Å². The van der Waals surface area contributed by atoms with Crippen molar-refractivity contribution in [2.45, 2.75) is 19.4 Å². The number of nitrogens with zero attached hydrogens (tertiary/aromatic N) is 3. The molecule has 0 saturated carbocycles. The second kappa shape index (κ2) is 8.07. The summed E-state index contributed by atoms with van der Waals surface area (Å²) in [6.45, 7) is 2.66. The molecule has 1 aliphatic heterocycles. The van der Waals surface area contributed by atoms with Gasteiger partial charge in [-0.3, -0.25) is 9.69 Å². The zero-order chi connectivity index (χ0) is 17.8. The van der Waals surface area contributed by atoms with Crippen LogP contribution in [0.2, 0.25) is 0 Å². The minimum absolute atomic E-state index is 0.0296. The van der Waals surface area contributed by atoms with Crippen LogP contribution < -0.4 is 5.32 Å². The Bertz CT molecular complexity index is 831. The van der Waals surface area contributed by atoms with Crippen molar-refractivity contribution in [1.82, 2.24) is 14.9 Å². The number of piperidine rings is 1. The fourth-order valence-corrected chi connectivity index (χ4v) is 4.48. The highest BCUT2D eigenvalue weighted by molar-refractivity contribution is 7.09. The predicted molar refractivity (Wildman–Crippen MR) is 106 cm³/mol. The first kappa shape index (κ1) is 17.3. The second-order valence-electron chi connectivity index (χ2n) is 6.44. The van der Waals surface area contributed by atoms with Crippen LogP contribution in [0.15, 0.2) is 46.7 Å². The van der Waals surface area contributed by atoms with Gasteiger partial charge in [0.05, 0.1) is 23.7 Å². The molecule has 4 rings (SSSR count). The lowest BCUT2D eigenvalue weighted by molar-refractivity contribution is -0.121. The lowest BCUT2D eigenvalue weighted by atomic mass is 9.97. The fraction of sp³-hybridized carbons (Fsp3) is 0.316. The van der Waals surface area contributed by atoms with E-state index in [9.17, 15) is 4.79 Å². The highest BCUT2D eigenvalue weighted by Crippen LogP contribution is 2.23. The predicted octanol–water partition coefficient (Wildman–Crippen LogP) is 4.12. The molecule has 0 spiro atoms. The topological polar surface area (TPSA) is 58.1 Å². The Morgan fingerprint density at radius 1 is 1.27 bits per heavy atom. The van der Waals surface area contributed by atoms with E-state index in [1.807, 2.05) is 46.7 Å². The summed E-state index contributed by atoms with van der Waals surface area (Å²) in [7, 11) is 0. The van der Waals surface area contributed by atoms with Crippen molar-refractivity contribution in [3.63, 3.8) is 0 Å². The molecule has 0 radical (unpaired) electrons. The van der Waals surface area contributed by atoms with Gasteiger partial charge in [-0.2, -0.15) is 0 Å². The molecule has 3 heterocycles. The molecule has 1 atom stereocenters. The van der Waals surface area contributed by atoms with E-state index in [1.165, 1.54) is 0 Å². The van der Waals surface area contributed by atoms with Gasteiger partial charge in [-0.15, -0.1) is 22.7 Å². The maximum atomic E-state index is 12.7. The van der Waals surface area contributed by atoms with Gasteiger partial charge in [0.1, 0.15) is 5.01 Å². The number of carbonyl (C=O) groups excluding carboxylic acids is 1. The highest BCUT2D eigenvalue weighted by Gasteiger charge is 2.26. The molecule has 26 heavy (non-hydrogen) atoms. The fourth-order valence-electron chi connectivity index (χ4n) is 3.26. The molecule has 2 aromatic heterocycles. The van der Waals surface area contributed by atoms with E-state index in [0.717, 1.165) is 54.4 Å². The number of rotatable bonds is 5. The Morgan fingerprint density at radius 2 is 2.15 bits per heavy atom. The van der Waals surface area contributed by atoms with Crippen molar-refractivity contribution in [1.29, 1.82) is 0 Å². The maximum absolute atomic E-state index is 12.7. The Balaban J connectivity index is 1.35. The lowest BCUT2D eigenvalue weighted by Gasteiger charge is -2.31. The van der Waals surface area contributed by atoms with Crippen molar-refractivity contribution in [3.05, 3.63) is 51.7 Å². The van der Waals surface area contributed by atoms with Crippen molar-refractivity contribution >= 4 is 34.3 Å². The van der Waals surface area contributed by atoms with E-state index in [4.69, 9.17) is 0 Å². The lowest BCUT2D eigenvalue weighted by Crippen LogP contribution is -2.40. The van der Waals surface area contributed by atoms with Crippen LogP contribution in [0, 0.1) is 5.92 Å². The summed E-state index contributed by atoms with van der Waals surface area (Å²) >= 11 is 3.25. The van der Waals surface area contributed by atoms with Gasteiger partial charge in [0, 0.05) is 34.8 Å². The second-order valence-corrected chi connectivity index (χ2v) is 8.14. The summed E-state index contributed by atoms with van der Waals surface area (Å²) in [5.41, 5.74) is 4.70. The third-order valence-electron chi connectivity index (χ3n) is 4.60. The number of aromatic nitrogens is 2. The van der Waals surface area contributed by atoms with Crippen LogP contribution in [-0.2, 0) is 11.3 Å².